The Morgan fingerprint density at radius 3 is 2.58 bits per heavy atom. The SMILES string of the molecule is CCOc1cc(C=Nc2ccc([C@@H]3Nc4ccc(C)cc4[C@@H]4C=CC[C@H]43)cc2)cc(I)c1OCc1ccc([N+](=O)[O-])cc1. The number of anilines is 1. The van der Waals surface area contributed by atoms with Gasteiger partial charge in [0.2, 0.25) is 0 Å². The molecule has 43 heavy (non-hydrogen) atoms. The number of nitro groups is 1. The number of nitro benzene ring substituents is 1. The molecular weight excluding hydrogens is 653 g/mol. The maximum atomic E-state index is 10.9. The molecule has 0 amide bonds. The van der Waals surface area contributed by atoms with Crippen molar-refractivity contribution in [2.45, 2.75) is 38.8 Å². The van der Waals surface area contributed by atoms with E-state index in [-0.39, 0.29) is 18.3 Å². The van der Waals surface area contributed by atoms with Gasteiger partial charge in [-0.15, -0.1) is 0 Å². The predicted molar refractivity (Wildman–Crippen MR) is 179 cm³/mol. The highest BCUT2D eigenvalue weighted by atomic mass is 127. The molecule has 2 aliphatic rings. The maximum Gasteiger partial charge on any atom is 0.269 e. The summed E-state index contributed by atoms with van der Waals surface area (Å²) in [6.07, 6.45) is 7.61. The summed E-state index contributed by atoms with van der Waals surface area (Å²) >= 11 is 2.24. The lowest BCUT2D eigenvalue weighted by molar-refractivity contribution is -0.384. The fraction of sp³-hybridized carbons (Fsp3) is 0.229. The monoisotopic (exact) mass is 685 g/mol. The van der Waals surface area contributed by atoms with Gasteiger partial charge in [-0.1, -0.05) is 42.0 Å². The van der Waals surface area contributed by atoms with E-state index >= 15 is 0 Å². The number of nitrogens with one attached hydrogen (secondary N) is 1. The van der Waals surface area contributed by atoms with E-state index in [4.69, 9.17) is 14.5 Å². The third-order valence-electron chi connectivity index (χ3n) is 8.00. The number of non-ortho nitro benzene ring substituents is 1. The fourth-order valence-electron chi connectivity index (χ4n) is 5.90. The van der Waals surface area contributed by atoms with Crippen molar-refractivity contribution in [2.24, 2.45) is 10.9 Å². The summed E-state index contributed by atoms with van der Waals surface area (Å²) in [5, 5.41) is 14.7. The summed E-state index contributed by atoms with van der Waals surface area (Å²) in [4.78, 5) is 15.3. The molecule has 7 nitrogen and oxygen atoms in total. The van der Waals surface area contributed by atoms with E-state index in [0.29, 0.717) is 29.9 Å². The second-order valence-electron chi connectivity index (χ2n) is 10.9. The molecule has 0 radical (unpaired) electrons. The molecule has 1 N–H and O–H groups in total. The Hall–Kier alpha value is -4.18. The topological polar surface area (TPSA) is 86.0 Å². The van der Waals surface area contributed by atoms with Crippen molar-refractivity contribution in [3.05, 3.63) is 133 Å². The molecule has 4 aromatic carbocycles. The number of nitrogens with zero attached hydrogens (tertiary/aromatic N) is 2. The minimum absolute atomic E-state index is 0.0536. The van der Waals surface area contributed by atoms with Gasteiger partial charge in [-0.05, 0) is 113 Å². The van der Waals surface area contributed by atoms with Crippen LogP contribution in [-0.2, 0) is 6.61 Å². The van der Waals surface area contributed by atoms with Crippen LogP contribution in [-0.4, -0.2) is 17.7 Å². The molecule has 3 atom stereocenters. The molecule has 218 valence electrons. The zero-order chi connectivity index (χ0) is 29.9. The largest absolute Gasteiger partial charge is 0.490 e. The Morgan fingerprint density at radius 1 is 1.05 bits per heavy atom. The Balaban J connectivity index is 1.16. The van der Waals surface area contributed by atoms with Crippen molar-refractivity contribution in [1.82, 2.24) is 0 Å². The average Bonchev–Trinajstić information content (AvgIpc) is 3.51. The average molecular weight is 686 g/mol. The lowest BCUT2D eigenvalue weighted by atomic mass is 9.76. The van der Waals surface area contributed by atoms with Crippen LogP contribution in [0.2, 0.25) is 0 Å². The summed E-state index contributed by atoms with van der Waals surface area (Å²) in [5.74, 6) is 2.22. The van der Waals surface area contributed by atoms with Gasteiger partial charge in [-0.3, -0.25) is 15.1 Å². The number of allylic oxidation sites excluding steroid dienone is 2. The molecule has 0 bridgehead atoms. The summed E-state index contributed by atoms with van der Waals surface area (Å²) in [6.45, 7) is 4.85. The van der Waals surface area contributed by atoms with E-state index in [1.165, 1.54) is 34.5 Å². The van der Waals surface area contributed by atoms with Crippen molar-refractivity contribution in [3.63, 3.8) is 0 Å². The maximum absolute atomic E-state index is 10.9. The molecule has 1 heterocycles. The summed E-state index contributed by atoms with van der Waals surface area (Å²) in [7, 11) is 0. The van der Waals surface area contributed by atoms with Gasteiger partial charge in [0.25, 0.3) is 5.69 Å². The number of rotatable bonds is 9. The fourth-order valence-corrected chi connectivity index (χ4v) is 6.68. The van der Waals surface area contributed by atoms with Crippen molar-refractivity contribution in [1.29, 1.82) is 0 Å². The van der Waals surface area contributed by atoms with Crippen molar-refractivity contribution < 1.29 is 14.4 Å². The minimum Gasteiger partial charge on any atom is -0.490 e. The molecular formula is C35H32IN3O4. The van der Waals surface area contributed by atoms with Crippen LogP contribution in [0, 0.1) is 26.5 Å². The second kappa shape index (κ2) is 12.6. The van der Waals surface area contributed by atoms with Crippen molar-refractivity contribution in [3.8, 4) is 11.5 Å². The smallest absolute Gasteiger partial charge is 0.269 e. The highest BCUT2D eigenvalue weighted by Gasteiger charge is 2.37. The van der Waals surface area contributed by atoms with Crippen molar-refractivity contribution in [2.75, 3.05) is 11.9 Å². The molecule has 6 rings (SSSR count). The van der Waals surface area contributed by atoms with Gasteiger partial charge in [0.1, 0.15) is 6.61 Å². The summed E-state index contributed by atoms with van der Waals surface area (Å²) in [6, 6.07) is 25.8. The zero-order valence-electron chi connectivity index (χ0n) is 24.0. The molecule has 8 heteroatoms. The quantitative estimate of drug-likeness (QED) is 0.0625. The first-order chi connectivity index (χ1) is 20.9. The van der Waals surface area contributed by atoms with Gasteiger partial charge in [0, 0.05) is 30.0 Å². The summed E-state index contributed by atoms with van der Waals surface area (Å²) in [5.41, 5.74) is 7.87. The highest BCUT2D eigenvalue weighted by molar-refractivity contribution is 14.1. The first kappa shape index (κ1) is 28.9. The third-order valence-corrected chi connectivity index (χ3v) is 8.80. The molecule has 0 spiro atoms. The number of aliphatic imine (C=N–C) groups is 1. The number of benzene rings is 4. The van der Waals surface area contributed by atoms with Crippen LogP contribution in [0.25, 0.3) is 0 Å². The molecule has 1 aliphatic carbocycles. The van der Waals surface area contributed by atoms with E-state index in [1.807, 2.05) is 25.3 Å². The van der Waals surface area contributed by atoms with Crippen LogP contribution in [0.4, 0.5) is 17.1 Å². The predicted octanol–water partition coefficient (Wildman–Crippen LogP) is 9.06. The van der Waals surface area contributed by atoms with Gasteiger partial charge in [0.05, 0.1) is 26.8 Å². The van der Waals surface area contributed by atoms with Gasteiger partial charge in [0.15, 0.2) is 11.5 Å². The number of fused-ring (bicyclic) bond motifs is 3. The Morgan fingerprint density at radius 2 is 1.84 bits per heavy atom. The molecule has 0 saturated heterocycles. The van der Waals surface area contributed by atoms with Gasteiger partial charge in [-0.2, -0.15) is 0 Å². The van der Waals surface area contributed by atoms with Crippen molar-refractivity contribution >= 4 is 45.9 Å². The van der Waals surface area contributed by atoms with Crippen LogP contribution < -0.4 is 14.8 Å². The zero-order valence-corrected chi connectivity index (χ0v) is 26.2. The number of hydrogen-bond acceptors (Lipinski definition) is 6. The highest BCUT2D eigenvalue weighted by Crippen LogP contribution is 2.50. The van der Waals surface area contributed by atoms with E-state index < -0.39 is 4.92 Å². The third kappa shape index (κ3) is 6.29. The van der Waals surface area contributed by atoms with E-state index in [9.17, 15) is 10.1 Å². The molecule has 4 aromatic rings. The lowest BCUT2D eigenvalue weighted by Crippen LogP contribution is -2.29. The van der Waals surface area contributed by atoms with E-state index in [1.54, 1.807) is 12.1 Å². The van der Waals surface area contributed by atoms with Crippen LogP contribution in [0.5, 0.6) is 11.5 Å². The lowest BCUT2D eigenvalue weighted by Gasteiger charge is -2.37. The number of halogens is 1. The van der Waals surface area contributed by atoms with Crippen LogP contribution in [0.15, 0.2) is 96.0 Å². The number of hydrogen-bond donors (Lipinski definition) is 1. The molecule has 0 aromatic heterocycles. The van der Waals surface area contributed by atoms with Gasteiger partial charge in [-0.25, -0.2) is 0 Å². The van der Waals surface area contributed by atoms with Gasteiger partial charge >= 0.3 is 0 Å². The van der Waals surface area contributed by atoms with Crippen LogP contribution in [0.1, 0.15) is 53.1 Å². The number of ether oxygens (including phenoxy) is 2. The Bertz CT molecular complexity index is 1700. The number of aryl methyl sites for hydroxylation is 1. The first-order valence-corrected chi connectivity index (χ1v) is 15.5. The Labute approximate surface area is 265 Å². The minimum atomic E-state index is -0.411. The van der Waals surface area contributed by atoms with E-state index in [0.717, 1.165) is 26.8 Å². The normalized spacial score (nSPS) is 18.6. The summed E-state index contributed by atoms with van der Waals surface area (Å²) < 4.78 is 12.9. The van der Waals surface area contributed by atoms with Crippen LogP contribution >= 0.6 is 22.6 Å². The second-order valence-corrected chi connectivity index (χ2v) is 12.1. The van der Waals surface area contributed by atoms with E-state index in [2.05, 4.69) is 89.4 Å². The molecule has 0 unspecified atom stereocenters. The molecule has 0 saturated carbocycles. The molecule has 1 aliphatic heterocycles. The molecule has 0 fully saturated rings. The standard InChI is InChI=1S/C35H32IN3O4/c1-3-42-33-19-24(18-31(36)35(33)43-21-23-8-14-27(15-9-23)39(40)41)20-37-26-12-10-25(11-13-26)34-29-6-4-5-28(29)30-17-22(2)7-16-32(30)38-34/h4-5,7-20,28-29,34,38H,3,6,21H2,1-2H3/t28-,29-,34+/m1/s1. The Kier molecular flexibility index (Phi) is 8.47. The van der Waals surface area contributed by atoms with Crippen LogP contribution in [0.3, 0.4) is 0 Å². The first-order valence-electron chi connectivity index (χ1n) is 14.4. The van der Waals surface area contributed by atoms with Gasteiger partial charge < -0.3 is 14.8 Å².